The van der Waals surface area contributed by atoms with Crippen LogP contribution in [0.5, 0.6) is 0 Å². The van der Waals surface area contributed by atoms with Crippen LogP contribution in [0.4, 0.5) is 11.6 Å². The third-order valence-electron chi connectivity index (χ3n) is 3.28. The Labute approximate surface area is 109 Å². The van der Waals surface area contributed by atoms with Crippen LogP contribution in [0.25, 0.3) is 0 Å². The quantitative estimate of drug-likeness (QED) is 0.644. The largest absolute Gasteiger partial charge is 0.370 e. The summed E-state index contributed by atoms with van der Waals surface area (Å²) in [4.78, 5) is 8.50. The Morgan fingerprint density at radius 2 is 1.94 bits per heavy atom. The van der Waals surface area contributed by atoms with Gasteiger partial charge in [0.15, 0.2) is 0 Å². The van der Waals surface area contributed by atoms with Crippen molar-refractivity contribution < 1.29 is 0 Å². The van der Waals surface area contributed by atoms with Crippen LogP contribution in [0.3, 0.4) is 0 Å². The summed E-state index contributed by atoms with van der Waals surface area (Å²) in [6, 6.07) is 2.59. The van der Waals surface area contributed by atoms with E-state index in [4.69, 9.17) is 0 Å². The van der Waals surface area contributed by atoms with Gasteiger partial charge in [-0.1, -0.05) is 12.8 Å². The molecule has 0 radical (unpaired) electrons. The number of anilines is 2. The number of aromatic nitrogens is 2. The van der Waals surface area contributed by atoms with Crippen LogP contribution < -0.4 is 16.0 Å². The minimum Gasteiger partial charge on any atom is -0.370 e. The van der Waals surface area contributed by atoms with E-state index in [1.54, 1.807) is 6.33 Å². The lowest BCUT2D eigenvalue weighted by atomic mass is 10.2. The van der Waals surface area contributed by atoms with E-state index in [-0.39, 0.29) is 0 Å². The maximum atomic E-state index is 4.27. The molecule has 0 aliphatic heterocycles. The maximum Gasteiger partial charge on any atom is 0.131 e. The Kier molecular flexibility index (Phi) is 5.20. The molecular formula is C13H23N5. The number of hydrogen-bond donors (Lipinski definition) is 3. The van der Waals surface area contributed by atoms with Gasteiger partial charge in [-0.25, -0.2) is 9.97 Å². The highest BCUT2D eigenvalue weighted by Crippen LogP contribution is 2.21. The summed E-state index contributed by atoms with van der Waals surface area (Å²) in [5, 5.41) is 9.92. The fourth-order valence-corrected chi connectivity index (χ4v) is 2.29. The Morgan fingerprint density at radius 1 is 1.17 bits per heavy atom. The molecule has 1 heterocycles. The zero-order valence-corrected chi connectivity index (χ0v) is 11.1. The Morgan fingerprint density at radius 3 is 2.72 bits per heavy atom. The van der Waals surface area contributed by atoms with Crippen LogP contribution in [0, 0.1) is 0 Å². The topological polar surface area (TPSA) is 61.9 Å². The van der Waals surface area contributed by atoms with Gasteiger partial charge in [-0.2, -0.15) is 0 Å². The molecule has 2 rings (SSSR count). The van der Waals surface area contributed by atoms with Crippen LogP contribution in [0.15, 0.2) is 12.4 Å². The molecule has 1 saturated carbocycles. The number of nitrogens with one attached hydrogen (secondary N) is 3. The molecule has 0 atom stereocenters. The highest BCUT2D eigenvalue weighted by atomic mass is 15.1. The second kappa shape index (κ2) is 7.16. The van der Waals surface area contributed by atoms with E-state index in [2.05, 4.69) is 25.9 Å². The minimum atomic E-state index is 0.594. The highest BCUT2D eigenvalue weighted by Gasteiger charge is 2.14. The number of nitrogens with zero attached hydrogens (tertiary/aromatic N) is 2. The lowest BCUT2D eigenvalue weighted by Crippen LogP contribution is -2.16. The second-order valence-electron chi connectivity index (χ2n) is 4.80. The lowest BCUT2D eigenvalue weighted by Gasteiger charge is -2.13. The van der Waals surface area contributed by atoms with Crippen LogP contribution in [-0.2, 0) is 0 Å². The number of rotatable bonds is 7. The summed E-state index contributed by atoms with van der Waals surface area (Å²) in [5.74, 6) is 1.84. The van der Waals surface area contributed by atoms with E-state index < -0.39 is 0 Å². The van der Waals surface area contributed by atoms with Crippen molar-refractivity contribution in [1.29, 1.82) is 0 Å². The summed E-state index contributed by atoms with van der Waals surface area (Å²) < 4.78 is 0. The molecular weight excluding hydrogens is 226 g/mol. The molecule has 1 aliphatic rings. The first-order chi connectivity index (χ1) is 8.88. The van der Waals surface area contributed by atoms with Crippen LogP contribution in [0.2, 0.25) is 0 Å². The molecule has 5 heteroatoms. The monoisotopic (exact) mass is 249 g/mol. The van der Waals surface area contributed by atoms with E-state index in [9.17, 15) is 0 Å². The average Bonchev–Trinajstić information content (AvgIpc) is 2.88. The molecule has 100 valence electrons. The Hall–Kier alpha value is -1.36. The first kappa shape index (κ1) is 13.1. The van der Waals surface area contributed by atoms with Crippen molar-refractivity contribution in [2.75, 3.05) is 30.8 Å². The van der Waals surface area contributed by atoms with Crippen molar-refractivity contribution in [3.05, 3.63) is 12.4 Å². The van der Waals surface area contributed by atoms with Crippen molar-refractivity contribution in [3.8, 4) is 0 Å². The molecule has 18 heavy (non-hydrogen) atoms. The first-order valence-corrected chi connectivity index (χ1v) is 6.85. The smallest absolute Gasteiger partial charge is 0.131 e. The molecule has 1 aromatic heterocycles. The van der Waals surface area contributed by atoms with Gasteiger partial charge in [0.05, 0.1) is 0 Å². The van der Waals surface area contributed by atoms with Crippen molar-refractivity contribution in [2.24, 2.45) is 0 Å². The van der Waals surface area contributed by atoms with Gasteiger partial charge in [-0.15, -0.1) is 0 Å². The summed E-state index contributed by atoms with van der Waals surface area (Å²) in [6.07, 6.45) is 7.89. The molecule has 0 spiro atoms. The van der Waals surface area contributed by atoms with Crippen molar-refractivity contribution in [1.82, 2.24) is 15.3 Å². The number of hydrogen-bond acceptors (Lipinski definition) is 5. The van der Waals surface area contributed by atoms with Gasteiger partial charge < -0.3 is 16.0 Å². The van der Waals surface area contributed by atoms with Gasteiger partial charge in [0.25, 0.3) is 0 Å². The Bertz CT molecular complexity index is 349. The molecule has 5 nitrogen and oxygen atoms in total. The summed E-state index contributed by atoms with van der Waals surface area (Å²) in [7, 11) is 1.97. The summed E-state index contributed by atoms with van der Waals surface area (Å²) in [6.45, 7) is 1.95. The van der Waals surface area contributed by atoms with Crippen molar-refractivity contribution in [3.63, 3.8) is 0 Å². The molecule has 3 N–H and O–H groups in total. The SMILES string of the molecule is CNCCCNc1cc(NC2CCCC2)ncn1. The predicted octanol–water partition coefficient (Wildman–Crippen LogP) is 1.85. The van der Waals surface area contributed by atoms with Gasteiger partial charge >= 0.3 is 0 Å². The van der Waals surface area contributed by atoms with E-state index in [0.717, 1.165) is 31.1 Å². The third kappa shape index (κ3) is 4.14. The first-order valence-electron chi connectivity index (χ1n) is 6.85. The van der Waals surface area contributed by atoms with Crippen molar-refractivity contribution >= 4 is 11.6 Å². The third-order valence-corrected chi connectivity index (χ3v) is 3.28. The fourth-order valence-electron chi connectivity index (χ4n) is 2.29. The average molecular weight is 249 g/mol. The molecule has 1 aromatic rings. The lowest BCUT2D eigenvalue weighted by molar-refractivity contribution is 0.744. The molecule has 0 unspecified atom stereocenters. The second-order valence-corrected chi connectivity index (χ2v) is 4.80. The van der Waals surface area contributed by atoms with Crippen molar-refractivity contribution in [2.45, 2.75) is 38.1 Å². The zero-order valence-electron chi connectivity index (χ0n) is 11.1. The van der Waals surface area contributed by atoms with Gasteiger partial charge in [0.2, 0.25) is 0 Å². The van der Waals surface area contributed by atoms with Crippen LogP contribution >= 0.6 is 0 Å². The minimum absolute atomic E-state index is 0.594. The maximum absolute atomic E-state index is 4.27. The zero-order chi connectivity index (χ0) is 12.6. The van der Waals surface area contributed by atoms with E-state index in [1.807, 2.05) is 13.1 Å². The molecule has 1 aliphatic carbocycles. The van der Waals surface area contributed by atoms with Gasteiger partial charge in [0.1, 0.15) is 18.0 Å². The van der Waals surface area contributed by atoms with Gasteiger partial charge in [0, 0.05) is 18.7 Å². The Balaban J connectivity index is 1.80. The summed E-state index contributed by atoms with van der Waals surface area (Å²) in [5.41, 5.74) is 0. The molecule has 0 amide bonds. The summed E-state index contributed by atoms with van der Waals surface area (Å²) >= 11 is 0. The standard InChI is InChI=1S/C13H23N5/c1-14-7-4-8-15-12-9-13(17-10-16-12)18-11-5-2-3-6-11/h9-11,14H,2-8H2,1H3,(H2,15,16,17,18). The normalized spacial score (nSPS) is 15.8. The fraction of sp³-hybridized carbons (Fsp3) is 0.692. The van der Waals surface area contributed by atoms with Gasteiger partial charge in [-0.3, -0.25) is 0 Å². The van der Waals surface area contributed by atoms with Crippen LogP contribution in [0.1, 0.15) is 32.1 Å². The molecule has 0 bridgehead atoms. The molecule has 0 saturated heterocycles. The molecule has 0 aromatic carbocycles. The van der Waals surface area contributed by atoms with E-state index >= 15 is 0 Å². The highest BCUT2D eigenvalue weighted by molar-refractivity contribution is 5.46. The van der Waals surface area contributed by atoms with Crippen LogP contribution in [-0.4, -0.2) is 36.1 Å². The van der Waals surface area contributed by atoms with E-state index in [0.29, 0.717) is 6.04 Å². The van der Waals surface area contributed by atoms with Gasteiger partial charge in [-0.05, 0) is 32.9 Å². The molecule has 1 fully saturated rings. The van der Waals surface area contributed by atoms with E-state index in [1.165, 1.54) is 25.7 Å². The predicted molar refractivity (Wildman–Crippen MR) is 74.9 cm³/mol.